The summed E-state index contributed by atoms with van der Waals surface area (Å²) in [5.41, 5.74) is 0. The number of hydrogen-bond donors (Lipinski definition) is 3. The van der Waals surface area contributed by atoms with Crippen LogP contribution in [0.4, 0.5) is 4.79 Å². The zero-order valence-corrected chi connectivity index (χ0v) is 11.4. The Morgan fingerprint density at radius 1 is 1.33 bits per heavy atom. The summed E-state index contributed by atoms with van der Waals surface area (Å²) < 4.78 is 0. The predicted octanol–water partition coefficient (Wildman–Crippen LogP) is 0.850. The van der Waals surface area contributed by atoms with Crippen LogP contribution in [0.5, 0.6) is 0 Å². The van der Waals surface area contributed by atoms with Gasteiger partial charge in [-0.2, -0.15) is 11.8 Å². The van der Waals surface area contributed by atoms with Gasteiger partial charge in [0.05, 0.1) is 0 Å². The van der Waals surface area contributed by atoms with E-state index in [0.29, 0.717) is 11.8 Å². The highest BCUT2D eigenvalue weighted by Crippen LogP contribution is 2.25. The Morgan fingerprint density at radius 2 is 2.22 bits per heavy atom. The van der Waals surface area contributed by atoms with Crippen molar-refractivity contribution in [2.45, 2.75) is 43.4 Å². The van der Waals surface area contributed by atoms with Gasteiger partial charge in [0.1, 0.15) is 6.04 Å². The Kier molecular flexibility index (Phi) is 5.16. The molecule has 0 bridgehead atoms. The van der Waals surface area contributed by atoms with Crippen molar-refractivity contribution in [1.29, 1.82) is 0 Å². The van der Waals surface area contributed by atoms with Gasteiger partial charge in [0.2, 0.25) is 5.91 Å². The van der Waals surface area contributed by atoms with Gasteiger partial charge < -0.3 is 16.0 Å². The van der Waals surface area contributed by atoms with Crippen LogP contribution in [0.15, 0.2) is 0 Å². The number of hydrogen-bond acceptors (Lipinski definition) is 3. The molecule has 0 aliphatic carbocycles. The van der Waals surface area contributed by atoms with Crippen LogP contribution in [0.25, 0.3) is 0 Å². The molecule has 0 aromatic heterocycles. The summed E-state index contributed by atoms with van der Waals surface area (Å²) in [6, 6.07) is -0.590. The molecule has 3 amide bonds. The number of nitrogens with one attached hydrogen (secondary N) is 3. The number of rotatable bonds is 3. The topological polar surface area (TPSA) is 70.2 Å². The first-order valence-electron chi connectivity index (χ1n) is 6.69. The monoisotopic (exact) mass is 271 g/mol. The molecule has 2 aliphatic rings. The highest BCUT2D eigenvalue weighted by molar-refractivity contribution is 8.00. The lowest BCUT2D eigenvalue weighted by Gasteiger charge is -2.17. The number of carbonyl (C=O) groups is 2. The van der Waals surface area contributed by atoms with E-state index < -0.39 is 0 Å². The lowest BCUT2D eigenvalue weighted by Crippen LogP contribution is -2.49. The molecule has 2 aliphatic heterocycles. The van der Waals surface area contributed by atoms with Crippen molar-refractivity contribution in [3.05, 3.63) is 0 Å². The second-order valence-corrected chi connectivity index (χ2v) is 6.24. The van der Waals surface area contributed by atoms with Crippen molar-refractivity contribution in [3.8, 4) is 0 Å². The standard InChI is InChI=1S/C12H21N3O2S/c16-11-10(5-1-2-6-13-11)15-12(17)14-8-9-4-3-7-18-9/h9-10H,1-8H2,(H,13,16)(H2,14,15,17)/t9-,10+/m0/s1. The average Bonchev–Trinajstić information content (AvgIpc) is 2.80. The minimum atomic E-state index is -0.372. The Balaban J connectivity index is 1.70. The zero-order valence-electron chi connectivity index (χ0n) is 10.5. The van der Waals surface area contributed by atoms with E-state index in [9.17, 15) is 9.59 Å². The maximum atomic E-state index is 11.7. The second-order valence-electron chi connectivity index (χ2n) is 4.83. The molecule has 0 aromatic carbocycles. The molecule has 18 heavy (non-hydrogen) atoms. The van der Waals surface area contributed by atoms with Crippen molar-refractivity contribution < 1.29 is 9.59 Å². The van der Waals surface area contributed by atoms with Crippen molar-refractivity contribution in [3.63, 3.8) is 0 Å². The molecule has 2 heterocycles. The van der Waals surface area contributed by atoms with E-state index in [2.05, 4.69) is 16.0 Å². The molecule has 2 rings (SSSR count). The third kappa shape index (κ3) is 4.08. The van der Waals surface area contributed by atoms with E-state index in [4.69, 9.17) is 0 Å². The average molecular weight is 271 g/mol. The van der Waals surface area contributed by atoms with E-state index in [-0.39, 0.29) is 18.0 Å². The van der Waals surface area contributed by atoms with Crippen LogP contribution >= 0.6 is 11.8 Å². The summed E-state index contributed by atoms with van der Waals surface area (Å²) in [6.07, 6.45) is 5.11. The molecule has 6 heteroatoms. The molecular formula is C12H21N3O2S. The van der Waals surface area contributed by atoms with Crippen molar-refractivity contribution >= 4 is 23.7 Å². The molecule has 5 nitrogen and oxygen atoms in total. The Labute approximate surface area is 112 Å². The molecule has 0 unspecified atom stereocenters. The van der Waals surface area contributed by atoms with Crippen molar-refractivity contribution in [1.82, 2.24) is 16.0 Å². The van der Waals surface area contributed by atoms with Gasteiger partial charge in [0, 0.05) is 18.3 Å². The molecule has 2 atom stereocenters. The summed E-state index contributed by atoms with van der Waals surface area (Å²) in [4.78, 5) is 23.4. The highest BCUT2D eigenvalue weighted by atomic mass is 32.2. The summed E-state index contributed by atoms with van der Waals surface area (Å²) in [6.45, 7) is 1.42. The minimum Gasteiger partial charge on any atom is -0.354 e. The normalized spacial score (nSPS) is 28.3. The lowest BCUT2D eigenvalue weighted by atomic mass is 10.1. The number of urea groups is 1. The third-order valence-electron chi connectivity index (χ3n) is 3.35. The molecule has 2 saturated heterocycles. The van der Waals surface area contributed by atoms with Crippen LogP contribution in [-0.4, -0.2) is 42.1 Å². The second kappa shape index (κ2) is 6.87. The van der Waals surface area contributed by atoms with Crippen LogP contribution < -0.4 is 16.0 Å². The Hall–Kier alpha value is -0.910. The van der Waals surface area contributed by atoms with Crippen LogP contribution in [-0.2, 0) is 4.79 Å². The first-order valence-corrected chi connectivity index (χ1v) is 7.74. The van der Waals surface area contributed by atoms with E-state index >= 15 is 0 Å². The third-order valence-corrected chi connectivity index (χ3v) is 4.75. The molecule has 0 spiro atoms. The van der Waals surface area contributed by atoms with Crippen LogP contribution in [0.2, 0.25) is 0 Å². The number of thioether (sulfide) groups is 1. The molecule has 102 valence electrons. The van der Waals surface area contributed by atoms with Crippen LogP contribution in [0.3, 0.4) is 0 Å². The fraction of sp³-hybridized carbons (Fsp3) is 0.833. The van der Waals surface area contributed by atoms with Gasteiger partial charge in [-0.1, -0.05) is 0 Å². The fourth-order valence-corrected chi connectivity index (χ4v) is 3.50. The van der Waals surface area contributed by atoms with E-state index in [1.165, 1.54) is 18.6 Å². The first-order chi connectivity index (χ1) is 8.75. The summed E-state index contributed by atoms with van der Waals surface area (Å²) >= 11 is 1.91. The summed E-state index contributed by atoms with van der Waals surface area (Å²) in [5, 5.41) is 8.98. The zero-order chi connectivity index (χ0) is 12.8. The van der Waals surface area contributed by atoms with Gasteiger partial charge in [-0.05, 0) is 37.9 Å². The maximum absolute atomic E-state index is 11.7. The molecular weight excluding hydrogens is 250 g/mol. The van der Waals surface area contributed by atoms with Gasteiger partial charge >= 0.3 is 6.03 Å². The Morgan fingerprint density at radius 3 is 3.00 bits per heavy atom. The van der Waals surface area contributed by atoms with Gasteiger partial charge in [-0.15, -0.1) is 0 Å². The summed E-state index contributed by atoms with van der Waals surface area (Å²) in [7, 11) is 0. The minimum absolute atomic E-state index is 0.0575. The SMILES string of the molecule is O=C(NC[C@@H]1CCCS1)N[C@@H]1CCCCNC1=O. The number of carbonyl (C=O) groups excluding carboxylic acids is 2. The molecule has 3 N–H and O–H groups in total. The van der Waals surface area contributed by atoms with E-state index in [1.54, 1.807) is 0 Å². The maximum Gasteiger partial charge on any atom is 0.315 e. The smallest absolute Gasteiger partial charge is 0.315 e. The van der Waals surface area contributed by atoms with E-state index in [0.717, 1.165) is 25.8 Å². The van der Waals surface area contributed by atoms with Crippen molar-refractivity contribution in [2.75, 3.05) is 18.8 Å². The molecule has 0 radical (unpaired) electrons. The predicted molar refractivity (Wildman–Crippen MR) is 72.7 cm³/mol. The number of amides is 3. The quantitative estimate of drug-likeness (QED) is 0.713. The van der Waals surface area contributed by atoms with E-state index in [1.807, 2.05) is 11.8 Å². The van der Waals surface area contributed by atoms with Gasteiger partial charge in [-0.3, -0.25) is 4.79 Å². The Bertz CT molecular complexity index is 306. The molecule has 0 aromatic rings. The molecule has 2 fully saturated rings. The molecule has 0 saturated carbocycles. The highest BCUT2D eigenvalue weighted by Gasteiger charge is 2.23. The van der Waals surface area contributed by atoms with Crippen LogP contribution in [0.1, 0.15) is 32.1 Å². The lowest BCUT2D eigenvalue weighted by molar-refractivity contribution is -0.122. The first kappa shape index (κ1) is 13.5. The van der Waals surface area contributed by atoms with Gasteiger partial charge in [0.15, 0.2) is 0 Å². The fourth-order valence-electron chi connectivity index (χ4n) is 2.30. The largest absolute Gasteiger partial charge is 0.354 e. The summed E-state index contributed by atoms with van der Waals surface area (Å²) in [5.74, 6) is 1.14. The van der Waals surface area contributed by atoms with Crippen molar-refractivity contribution in [2.24, 2.45) is 0 Å². The van der Waals surface area contributed by atoms with Crippen LogP contribution in [0, 0.1) is 0 Å². The van der Waals surface area contributed by atoms with Gasteiger partial charge in [-0.25, -0.2) is 4.79 Å². The van der Waals surface area contributed by atoms with Gasteiger partial charge in [0.25, 0.3) is 0 Å².